The van der Waals surface area contributed by atoms with E-state index in [-0.39, 0.29) is 23.0 Å². The number of anilines is 3. The minimum Gasteiger partial charge on any atom is -0.332 e. The SMILES string of the molecule is CN(C)Nc1ncnc(Nc2ccccc2F)c1[N+](=O)[O-]. The molecule has 0 spiro atoms. The van der Waals surface area contributed by atoms with E-state index in [1.807, 2.05) is 0 Å². The summed E-state index contributed by atoms with van der Waals surface area (Å²) in [5, 5.41) is 15.3. The van der Waals surface area contributed by atoms with Crippen LogP contribution < -0.4 is 10.7 Å². The zero-order chi connectivity index (χ0) is 15.4. The van der Waals surface area contributed by atoms with Crippen molar-refractivity contribution in [1.82, 2.24) is 15.0 Å². The summed E-state index contributed by atoms with van der Waals surface area (Å²) in [5.74, 6) is -0.615. The third-order valence-corrected chi connectivity index (χ3v) is 2.46. The zero-order valence-corrected chi connectivity index (χ0v) is 11.4. The predicted octanol–water partition coefficient (Wildman–Crippen LogP) is 2.16. The monoisotopic (exact) mass is 292 g/mol. The van der Waals surface area contributed by atoms with Crippen molar-refractivity contribution in [3.8, 4) is 0 Å². The molecule has 8 nitrogen and oxygen atoms in total. The number of nitrogens with zero attached hydrogens (tertiary/aromatic N) is 4. The van der Waals surface area contributed by atoms with Gasteiger partial charge < -0.3 is 5.32 Å². The van der Waals surface area contributed by atoms with Gasteiger partial charge in [-0.25, -0.2) is 19.4 Å². The second-order valence-corrected chi connectivity index (χ2v) is 4.29. The maximum Gasteiger partial charge on any atom is 0.354 e. The Kier molecular flexibility index (Phi) is 4.24. The van der Waals surface area contributed by atoms with E-state index in [1.165, 1.54) is 23.2 Å². The fourth-order valence-corrected chi connectivity index (χ4v) is 1.63. The standard InChI is InChI=1S/C12H13FN6O2/c1-18(2)17-12-10(19(20)21)11(14-7-15-12)16-9-6-4-3-5-8(9)13/h3-7H,1-2H3,(H2,14,15,16,17). The Balaban J connectivity index is 2.44. The number of nitro groups is 1. The van der Waals surface area contributed by atoms with Crippen molar-refractivity contribution in [1.29, 1.82) is 0 Å². The molecule has 2 N–H and O–H groups in total. The third-order valence-electron chi connectivity index (χ3n) is 2.46. The number of hydrazine groups is 1. The van der Waals surface area contributed by atoms with Gasteiger partial charge in [-0.05, 0) is 12.1 Å². The Hall–Kier alpha value is -2.81. The van der Waals surface area contributed by atoms with Crippen LogP contribution in [-0.2, 0) is 0 Å². The molecule has 0 unspecified atom stereocenters. The van der Waals surface area contributed by atoms with Gasteiger partial charge in [0.2, 0.25) is 11.6 Å². The van der Waals surface area contributed by atoms with Crippen LogP contribution in [0.15, 0.2) is 30.6 Å². The van der Waals surface area contributed by atoms with Crippen molar-refractivity contribution >= 4 is 23.0 Å². The average molecular weight is 292 g/mol. The van der Waals surface area contributed by atoms with Gasteiger partial charge in [0.25, 0.3) is 0 Å². The van der Waals surface area contributed by atoms with Gasteiger partial charge in [-0.2, -0.15) is 0 Å². The lowest BCUT2D eigenvalue weighted by Gasteiger charge is -2.14. The highest BCUT2D eigenvalue weighted by atomic mass is 19.1. The van der Waals surface area contributed by atoms with Crippen LogP contribution in [0.4, 0.5) is 27.4 Å². The first-order chi connectivity index (χ1) is 9.99. The van der Waals surface area contributed by atoms with Gasteiger partial charge in [-0.1, -0.05) is 12.1 Å². The van der Waals surface area contributed by atoms with E-state index in [4.69, 9.17) is 0 Å². The number of rotatable bonds is 5. The van der Waals surface area contributed by atoms with Gasteiger partial charge in [-0.3, -0.25) is 15.5 Å². The van der Waals surface area contributed by atoms with E-state index < -0.39 is 10.7 Å². The molecule has 0 amide bonds. The lowest BCUT2D eigenvalue weighted by Crippen LogP contribution is -2.21. The molecule has 1 aromatic heterocycles. The first kappa shape index (κ1) is 14.6. The van der Waals surface area contributed by atoms with Crippen LogP contribution >= 0.6 is 0 Å². The summed E-state index contributed by atoms with van der Waals surface area (Å²) in [5.41, 5.74) is 2.43. The minimum absolute atomic E-state index is 0.0128. The van der Waals surface area contributed by atoms with E-state index in [2.05, 4.69) is 20.7 Å². The number of hydrogen-bond acceptors (Lipinski definition) is 7. The van der Waals surface area contributed by atoms with Crippen LogP contribution in [0.25, 0.3) is 0 Å². The predicted molar refractivity (Wildman–Crippen MR) is 75.7 cm³/mol. The first-order valence-corrected chi connectivity index (χ1v) is 5.94. The van der Waals surface area contributed by atoms with Crippen molar-refractivity contribution in [2.75, 3.05) is 24.8 Å². The molecule has 0 saturated heterocycles. The average Bonchev–Trinajstić information content (AvgIpc) is 2.40. The normalized spacial score (nSPS) is 10.5. The molecule has 0 aliphatic carbocycles. The molecular formula is C12H13FN6O2. The topological polar surface area (TPSA) is 96.2 Å². The van der Waals surface area contributed by atoms with Crippen molar-refractivity contribution in [3.05, 3.63) is 46.5 Å². The number of para-hydroxylation sites is 1. The number of benzene rings is 1. The first-order valence-electron chi connectivity index (χ1n) is 5.94. The Bertz CT molecular complexity index is 664. The molecule has 0 radical (unpaired) electrons. The van der Waals surface area contributed by atoms with Crippen molar-refractivity contribution in [2.45, 2.75) is 0 Å². The third kappa shape index (κ3) is 3.39. The highest BCUT2D eigenvalue weighted by Gasteiger charge is 2.24. The molecule has 0 aliphatic heterocycles. The lowest BCUT2D eigenvalue weighted by molar-refractivity contribution is -0.383. The van der Waals surface area contributed by atoms with Crippen molar-refractivity contribution < 1.29 is 9.31 Å². The zero-order valence-electron chi connectivity index (χ0n) is 11.4. The highest BCUT2D eigenvalue weighted by Crippen LogP contribution is 2.31. The van der Waals surface area contributed by atoms with Crippen LogP contribution in [0.1, 0.15) is 0 Å². The smallest absolute Gasteiger partial charge is 0.332 e. The van der Waals surface area contributed by atoms with E-state index in [0.717, 1.165) is 6.33 Å². The molecular weight excluding hydrogens is 279 g/mol. The van der Waals surface area contributed by atoms with E-state index in [1.54, 1.807) is 20.2 Å². The summed E-state index contributed by atoms with van der Waals surface area (Å²) in [4.78, 5) is 18.2. The molecule has 1 aromatic carbocycles. The van der Waals surface area contributed by atoms with Crippen molar-refractivity contribution in [3.63, 3.8) is 0 Å². The van der Waals surface area contributed by atoms with E-state index in [0.29, 0.717) is 0 Å². The van der Waals surface area contributed by atoms with Gasteiger partial charge in [0, 0.05) is 14.1 Å². The summed E-state index contributed by atoms with van der Waals surface area (Å²) >= 11 is 0. The quantitative estimate of drug-likeness (QED) is 0.643. The maximum atomic E-state index is 13.6. The Labute approximate surface area is 119 Å². The summed E-state index contributed by atoms with van der Waals surface area (Å²) in [6.45, 7) is 0. The largest absolute Gasteiger partial charge is 0.354 e. The van der Waals surface area contributed by atoms with Crippen LogP contribution in [0.3, 0.4) is 0 Å². The van der Waals surface area contributed by atoms with E-state index in [9.17, 15) is 14.5 Å². The van der Waals surface area contributed by atoms with Crippen LogP contribution in [0.5, 0.6) is 0 Å². The fraction of sp³-hybridized carbons (Fsp3) is 0.167. The Morgan fingerprint density at radius 3 is 2.52 bits per heavy atom. The van der Waals surface area contributed by atoms with Gasteiger partial charge in [0.1, 0.15) is 12.1 Å². The summed E-state index contributed by atoms with van der Waals surface area (Å²) in [7, 11) is 3.33. The van der Waals surface area contributed by atoms with Crippen LogP contribution in [0.2, 0.25) is 0 Å². The summed E-state index contributed by atoms with van der Waals surface area (Å²) < 4.78 is 13.6. The summed E-state index contributed by atoms with van der Waals surface area (Å²) in [6.07, 6.45) is 1.15. The summed E-state index contributed by atoms with van der Waals surface area (Å²) in [6, 6.07) is 5.83. The van der Waals surface area contributed by atoms with Crippen LogP contribution in [0, 0.1) is 15.9 Å². The van der Waals surface area contributed by atoms with Gasteiger partial charge in [-0.15, -0.1) is 0 Å². The van der Waals surface area contributed by atoms with Crippen LogP contribution in [-0.4, -0.2) is 34.0 Å². The number of nitrogens with one attached hydrogen (secondary N) is 2. The van der Waals surface area contributed by atoms with Gasteiger partial charge in [0.05, 0.1) is 10.6 Å². The number of halogens is 1. The molecule has 2 rings (SSSR count). The molecule has 0 atom stereocenters. The molecule has 110 valence electrons. The molecule has 0 saturated carbocycles. The molecule has 1 heterocycles. The maximum absolute atomic E-state index is 13.6. The van der Waals surface area contributed by atoms with Gasteiger partial charge in [0.15, 0.2) is 0 Å². The fourth-order valence-electron chi connectivity index (χ4n) is 1.63. The van der Waals surface area contributed by atoms with Crippen molar-refractivity contribution in [2.24, 2.45) is 0 Å². The minimum atomic E-state index is -0.630. The molecule has 0 bridgehead atoms. The lowest BCUT2D eigenvalue weighted by atomic mass is 10.3. The second-order valence-electron chi connectivity index (χ2n) is 4.29. The molecule has 0 aliphatic rings. The highest BCUT2D eigenvalue weighted by molar-refractivity contribution is 5.73. The number of hydrogen-bond donors (Lipinski definition) is 2. The molecule has 0 fully saturated rings. The molecule has 21 heavy (non-hydrogen) atoms. The molecule has 9 heteroatoms. The second kappa shape index (κ2) is 6.09. The molecule has 2 aromatic rings. The number of aromatic nitrogens is 2. The Morgan fingerprint density at radius 1 is 1.24 bits per heavy atom. The Morgan fingerprint density at radius 2 is 1.90 bits per heavy atom. The van der Waals surface area contributed by atoms with E-state index >= 15 is 0 Å². The van der Waals surface area contributed by atoms with Gasteiger partial charge >= 0.3 is 5.69 Å².